The van der Waals surface area contributed by atoms with Crippen LogP contribution in [-0.4, -0.2) is 36.6 Å². The minimum absolute atomic E-state index is 0.0945. The van der Waals surface area contributed by atoms with Gasteiger partial charge in [0.05, 0.1) is 16.9 Å². The van der Waals surface area contributed by atoms with Gasteiger partial charge in [0.2, 0.25) is 0 Å². The number of thiazole rings is 1. The van der Waals surface area contributed by atoms with E-state index < -0.39 is 6.10 Å². The van der Waals surface area contributed by atoms with E-state index in [9.17, 15) is 9.59 Å². The molecule has 1 aliphatic heterocycles. The average Bonchev–Trinajstić information content (AvgIpc) is 3.06. The molecule has 0 bridgehead atoms. The van der Waals surface area contributed by atoms with Crippen LogP contribution in [0, 0.1) is 0 Å². The van der Waals surface area contributed by atoms with Gasteiger partial charge in [-0.1, -0.05) is 0 Å². The summed E-state index contributed by atoms with van der Waals surface area (Å²) in [5.74, 6) is 0.480. The van der Waals surface area contributed by atoms with Crippen molar-refractivity contribution in [2.75, 3.05) is 23.8 Å². The molecule has 1 unspecified atom stereocenters. The average molecular weight is 346 g/mol. The molecule has 1 aromatic carbocycles. The van der Waals surface area contributed by atoms with Gasteiger partial charge in [-0.3, -0.25) is 4.79 Å². The quantitative estimate of drug-likeness (QED) is 0.889. The van der Waals surface area contributed by atoms with Crippen LogP contribution in [0.1, 0.15) is 12.6 Å². The summed E-state index contributed by atoms with van der Waals surface area (Å²) in [6, 6.07) is 4.92. The molecule has 1 atom stereocenters. The third-order valence-corrected chi connectivity index (χ3v) is 4.35. The van der Waals surface area contributed by atoms with Crippen molar-refractivity contribution in [1.29, 1.82) is 0 Å². The maximum Gasteiger partial charge on any atom is 0.319 e. The van der Waals surface area contributed by atoms with Crippen molar-refractivity contribution < 1.29 is 14.3 Å². The standard InChI is InChI=1S/C16H18N4O3S/c1-10-15(21)20(2)13-4-3-11(7-14(13)23-10)19-16(22)17-6-5-12-8-24-9-18-12/h3-4,7-10H,5-6H2,1-2H3,(H2,17,19,22). The Morgan fingerprint density at radius 1 is 1.46 bits per heavy atom. The fourth-order valence-electron chi connectivity index (χ4n) is 2.44. The number of nitrogens with one attached hydrogen (secondary N) is 2. The molecule has 0 radical (unpaired) electrons. The van der Waals surface area contributed by atoms with E-state index in [1.54, 1.807) is 42.6 Å². The number of carbonyl (C=O) groups is 2. The fourth-order valence-corrected chi connectivity index (χ4v) is 3.03. The summed E-state index contributed by atoms with van der Waals surface area (Å²) in [6.07, 6.45) is 0.152. The van der Waals surface area contributed by atoms with Crippen LogP contribution in [0.5, 0.6) is 5.75 Å². The number of urea groups is 1. The number of benzene rings is 1. The molecule has 2 heterocycles. The number of anilines is 2. The fraction of sp³-hybridized carbons (Fsp3) is 0.312. The lowest BCUT2D eigenvalue weighted by Gasteiger charge is -2.30. The molecule has 0 saturated heterocycles. The predicted octanol–water partition coefficient (Wildman–Crippen LogP) is 2.25. The highest BCUT2D eigenvalue weighted by Crippen LogP contribution is 2.35. The molecule has 0 fully saturated rings. The molecule has 3 amide bonds. The van der Waals surface area contributed by atoms with Gasteiger partial charge in [-0.05, 0) is 19.1 Å². The van der Waals surface area contributed by atoms with E-state index in [0.717, 1.165) is 5.69 Å². The first-order valence-corrected chi connectivity index (χ1v) is 8.49. The van der Waals surface area contributed by atoms with Gasteiger partial charge in [-0.15, -0.1) is 11.3 Å². The van der Waals surface area contributed by atoms with Crippen molar-refractivity contribution in [3.63, 3.8) is 0 Å². The number of hydrogen-bond donors (Lipinski definition) is 2. The molecule has 2 aromatic rings. The molecule has 24 heavy (non-hydrogen) atoms. The minimum Gasteiger partial charge on any atom is -0.479 e. The number of fused-ring (bicyclic) bond motifs is 1. The molecular formula is C16H18N4O3S. The van der Waals surface area contributed by atoms with E-state index >= 15 is 0 Å². The number of nitrogens with zero attached hydrogens (tertiary/aromatic N) is 2. The van der Waals surface area contributed by atoms with Gasteiger partial charge in [-0.2, -0.15) is 0 Å². The molecule has 0 spiro atoms. The van der Waals surface area contributed by atoms with Gasteiger partial charge in [0, 0.05) is 37.1 Å². The zero-order valence-electron chi connectivity index (χ0n) is 13.4. The second kappa shape index (κ2) is 6.88. The number of hydrogen-bond acceptors (Lipinski definition) is 5. The zero-order valence-corrected chi connectivity index (χ0v) is 14.2. The largest absolute Gasteiger partial charge is 0.479 e. The summed E-state index contributed by atoms with van der Waals surface area (Å²) in [7, 11) is 1.71. The van der Waals surface area contributed by atoms with Gasteiger partial charge < -0.3 is 20.3 Å². The Kier molecular flexibility index (Phi) is 4.66. The molecule has 8 heteroatoms. The van der Waals surface area contributed by atoms with Crippen LogP contribution >= 0.6 is 11.3 Å². The Morgan fingerprint density at radius 2 is 2.29 bits per heavy atom. The Hall–Kier alpha value is -2.61. The molecule has 7 nitrogen and oxygen atoms in total. The summed E-state index contributed by atoms with van der Waals surface area (Å²) in [5, 5.41) is 7.50. The molecule has 1 aliphatic rings. The Bertz CT molecular complexity index is 748. The monoisotopic (exact) mass is 346 g/mol. The second-order valence-electron chi connectivity index (χ2n) is 5.45. The predicted molar refractivity (Wildman–Crippen MR) is 92.8 cm³/mol. The zero-order chi connectivity index (χ0) is 17.1. The van der Waals surface area contributed by atoms with Crippen molar-refractivity contribution in [3.8, 4) is 5.75 Å². The van der Waals surface area contributed by atoms with Gasteiger partial charge in [0.15, 0.2) is 6.10 Å². The number of carbonyl (C=O) groups excluding carboxylic acids is 2. The first-order chi connectivity index (χ1) is 11.5. The maximum absolute atomic E-state index is 11.9. The van der Waals surface area contributed by atoms with Crippen LogP contribution in [0.2, 0.25) is 0 Å². The molecule has 2 N–H and O–H groups in total. The maximum atomic E-state index is 11.9. The highest BCUT2D eigenvalue weighted by molar-refractivity contribution is 7.07. The summed E-state index contributed by atoms with van der Waals surface area (Å²) in [5.41, 5.74) is 4.03. The second-order valence-corrected chi connectivity index (χ2v) is 6.17. The van der Waals surface area contributed by atoms with Gasteiger partial charge >= 0.3 is 6.03 Å². The van der Waals surface area contributed by atoms with Crippen LogP contribution in [0.4, 0.5) is 16.2 Å². The first kappa shape index (κ1) is 16.3. The van der Waals surface area contributed by atoms with Gasteiger partial charge in [0.1, 0.15) is 5.75 Å². The van der Waals surface area contributed by atoms with E-state index in [2.05, 4.69) is 15.6 Å². The summed E-state index contributed by atoms with van der Waals surface area (Å²) in [4.78, 5) is 29.5. The molecular weight excluding hydrogens is 328 g/mol. The third kappa shape index (κ3) is 3.48. The van der Waals surface area contributed by atoms with Crippen molar-refractivity contribution in [2.45, 2.75) is 19.4 Å². The number of likely N-dealkylation sites (N-methyl/N-ethyl adjacent to an activating group) is 1. The molecule has 0 aliphatic carbocycles. The van der Waals surface area contributed by atoms with E-state index in [4.69, 9.17) is 4.74 Å². The highest BCUT2D eigenvalue weighted by Gasteiger charge is 2.28. The number of amides is 3. The molecule has 3 rings (SSSR count). The topological polar surface area (TPSA) is 83.6 Å². The molecule has 1 aromatic heterocycles. The summed E-state index contributed by atoms with van der Waals surface area (Å²) < 4.78 is 5.60. The lowest BCUT2D eigenvalue weighted by molar-refractivity contribution is -0.125. The third-order valence-electron chi connectivity index (χ3n) is 3.71. The van der Waals surface area contributed by atoms with E-state index in [1.807, 2.05) is 5.38 Å². The Morgan fingerprint density at radius 3 is 3.04 bits per heavy atom. The van der Waals surface area contributed by atoms with Crippen molar-refractivity contribution in [1.82, 2.24) is 10.3 Å². The van der Waals surface area contributed by atoms with Crippen LogP contribution in [0.3, 0.4) is 0 Å². The van der Waals surface area contributed by atoms with E-state index in [0.29, 0.717) is 30.1 Å². The lowest BCUT2D eigenvalue weighted by atomic mass is 10.2. The summed E-state index contributed by atoms with van der Waals surface area (Å²) in [6.45, 7) is 2.21. The first-order valence-electron chi connectivity index (χ1n) is 7.55. The SMILES string of the molecule is CC1Oc2cc(NC(=O)NCCc3cscn3)ccc2N(C)C1=O. The Balaban J connectivity index is 1.58. The lowest BCUT2D eigenvalue weighted by Crippen LogP contribution is -2.42. The molecule has 126 valence electrons. The van der Waals surface area contributed by atoms with Crippen LogP contribution < -0.4 is 20.3 Å². The minimum atomic E-state index is -0.537. The van der Waals surface area contributed by atoms with Crippen LogP contribution in [-0.2, 0) is 11.2 Å². The Labute approximate surface area is 143 Å². The van der Waals surface area contributed by atoms with Crippen molar-refractivity contribution in [2.24, 2.45) is 0 Å². The van der Waals surface area contributed by atoms with Gasteiger partial charge in [-0.25, -0.2) is 9.78 Å². The van der Waals surface area contributed by atoms with Crippen molar-refractivity contribution in [3.05, 3.63) is 34.8 Å². The number of aromatic nitrogens is 1. The van der Waals surface area contributed by atoms with Gasteiger partial charge in [0.25, 0.3) is 5.91 Å². The van der Waals surface area contributed by atoms with Crippen molar-refractivity contribution >= 4 is 34.6 Å². The normalized spacial score (nSPS) is 16.3. The van der Waals surface area contributed by atoms with E-state index in [1.165, 1.54) is 11.3 Å². The molecule has 0 saturated carbocycles. The van der Waals surface area contributed by atoms with E-state index in [-0.39, 0.29) is 11.9 Å². The highest BCUT2D eigenvalue weighted by atomic mass is 32.1. The smallest absolute Gasteiger partial charge is 0.319 e. The number of rotatable bonds is 4. The van der Waals surface area contributed by atoms with Crippen LogP contribution in [0.25, 0.3) is 0 Å². The summed E-state index contributed by atoms with van der Waals surface area (Å²) >= 11 is 1.53. The van der Waals surface area contributed by atoms with Crippen LogP contribution in [0.15, 0.2) is 29.1 Å². The number of ether oxygens (including phenoxy) is 1.